The molecule has 0 amide bonds. The number of benzene rings is 6. The van der Waals surface area contributed by atoms with Crippen LogP contribution in [0.15, 0.2) is 170 Å². The smallest absolute Gasteiger partial charge is 0.0712 e. The normalized spacial score (nSPS) is 18.2. The fourth-order valence-corrected chi connectivity index (χ4v) is 8.07. The van der Waals surface area contributed by atoms with Crippen LogP contribution in [-0.2, 0) is 11.8 Å². The van der Waals surface area contributed by atoms with E-state index >= 15 is 0 Å². The van der Waals surface area contributed by atoms with Crippen molar-refractivity contribution < 1.29 is 0 Å². The lowest BCUT2D eigenvalue weighted by Crippen LogP contribution is -2.29. The Hall–Kier alpha value is -5.79. The zero-order valence-corrected chi connectivity index (χ0v) is 27.7. The number of aryl methyl sites for hydroxylation is 1. The van der Waals surface area contributed by atoms with Gasteiger partial charge in [0.25, 0.3) is 0 Å². The SMILES string of the molecule is CC1(c2cc(-c3ccccc3)nc(-c3ccccc3)c2)C=CC=CC1c1ccc2c3c(c4ccc(-c5ccccc5)cc4c2c1)CCC=C3. The van der Waals surface area contributed by atoms with Gasteiger partial charge in [-0.2, -0.15) is 0 Å². The predicted molar refractivity (Wildman–Crippen MR) is 208 cm³/mol. The Kier molecular flexibility index (Phi) is 7.20. The first-order valence-electron chi connectivity index (χ1n) is 17.4. The molecule has 1 heterocycles. The van der Waals surface area contributed by atoms with Gasteiger partial charge < -0.3 is 0 Å². The fraction of sp³-hybridized carbons (Fsp3) is 0.104. The van der Waals surface area contributed by atoms with Crippen molar-refractivity contribution in [2.75, 3.05) is 0 Å². The standard InChI is InChI=1S/C48H37N/c1-48(38-31-46(34-17-7-3-8-18-34)49-47(32-38)35-19-9-4-10-20-35)28-14-13-23-45(48)37-25-27-42-40-22-12-11-21-39(40)41-26-24-36(29-43(41)44(42)30-37)33-15-5-2-6-16-33/h2-10,12-20,22-32,45H,11,21H2,1H3. The van der Waals surface area contributed by atoms with Crippen molar-refractivity contribution in [1.82, 2.24) is 4.98 Å². The van der Waals surface area contributed by atoms with Gasteiger partial charge in [0.15, 0.2) is 0 Å². The quantitative estimate of drug-likeness (QED) is 0.173. The van der Waals surface area contributed by atoms with Gasteiger partial charge in [0.05, 0.1) is 11.4 Å². The summed E-state index contributed by atoms with van der Waals surface area (Å²) in [7, 11) is 0. The number of hydrogen-bond donors (Lipinski definition) is 0. The number of hydrogen-bond acceptors (Lipinski definition) is 1. The summed E-state index contributed by atoms with van der Waals surface area (Å²) < 4.78 is 0. The zero-order chi connectivity index (χ0) is 32.8. The van der Waals surface area contributed by atoms with E-state index in [0.717, 1.165) is 35.4 Å². The Bertz CT molecular complexity index is 2380. The highest BCUT2D eigenvalue weighted by Gasteiger charge is 2.36. The van der Waals surface area contributed by atoms with Gasteiger partial charge in [-0.1, -0.05) is 159 Å². The molecule has 0 saturated heterocycles. The van der Waals surface area contributed by atoms with Crippen LogP contribution in [0, 0.1) is 0 Å². The summed E-state index contributed by atoms with van der Waals surface area (Å²) in [5.41, 5.74) is 11.9. The summed E-state index contributed by atoms with van der Waals surface area (Å²) >= 11 is 0. The van der Waals surface area contributed by atoms with Crippen molar-refractivity contribution >= 4 is 27.6 Å². The molecule has 0 N–H and O–H groups in total. The van der Waals surface area contributed by atoms with Gasteiger partial charge in [-0.3, -0.25) is 0 Å². The number of nitrogens with zero attached hydrogens (tertiary/aromatic N) is 1. The van der Waals surface area contributed by atoms with Gasteiger partial charge in [-0.05, 0) is 92.0 Å². The Morgan fingerprint density at radius 1 is 0.571 bits per heavy atom. The maximum atomic E-state index is 5.20. The average molecular weight is 628 g/mol. The van der Waals surface area contributed by atoms with E-state index in [0.29, 0.717) is 0 Å². The number of fused-ring (bicyclic) bond motifs is 6. The lowest BCUT2D eigenvalue weighted by Gasteiger charge is -2.37. The molecular formula is C48H37N. The zero-order valence-electron chi connectivity index (χ0n) is 27.7. The monoisotopic (exact) mass is 627 g/mol. The van der Waals surface area contributed by atoms with Gasteiger partial charge in [0.1, 0.15) is 0 Å². The summed E-state index contributed by atoms with van der Waals surface area (Å²) in [6.07, 6.45) is 16.1. The fourth-order valence-electron chi connectivity index (χ4n) is 8.07. The highest BCUT2D eigenvalue weighted by molar-refractivity contribution is 6.14. The molecule has 7 aromatic rings. The third kappa shape index (κ3) is 5.14. The molecule has 2 unspecified atom stereocenters. The third-order valence-electron chi connectivity index (χ3n) is 10.7. The highest BCUT2D eigenvalue weighted by Crippen LogP contribution is 2.47. The minimum absolute atomic E-state index is 0.135. The first kappa shape index (κ1) is 29.4. The number of allylic oxidation sites excluding steroid dienone is 5. The van der Waals surface area contributed by atoms with E-state index in [9.17, 15) is 0 Å². The Labute approximate surface area is 288 Å². The Morgan fingerprint density at radius 3 is 1.90 bits per heavy atom. The molecule has 0 bridgehead atoms. The molecule has 2 aliphatic carbocycles. The molecule has 0 saturated carbocycles. The van der Waals surface area contributed by atoms with E-state index in [4.69, 9.17) is 4.98 Å². The molecule has 1 aromatic heterocycles. The van der Waals surface area contributed by atoms with Crippen LogP contribution in [0.5, 0.6) is 0 Å². The Balaban J connectivity index is 1.24. The van der Waals surface area contributed by atoms with Gasteiger partial charge in [-0.25, -0.2) is 4.98 Å². The van der Waals surface area contributed by atoms with Crippen molar-refractivity contribution in [2.24, 2.45) is 0 Å². The summed E-state index contributed by atoms with van der Waals surface area (Å²) in [4.78, 5) is 5.20. The number of aromatic nitrogens is 1. The molecule has 0 radical (unpaired) electrons. The van der Waals surface area contributed by atoms with Crippen molar-refractivity contribution in [3.8, 4) is 33.6 Å². The van der Waals surface area contributed by atoms with E-state index in [-0.39, 0.29) is 11.3 Å². The number of rotatable bonds is 5. The van der Waals surface area contributed by atoms with E-state index < -0.39 is 0 Å². The molecule has 2 atom stereocenters. The molecule has 6 aromatic carbocycles. The van der Waals surface area contributed by atoms with Crippen LogP contribution < -0.4 is 0 Å². The summed E-state index contributed by atoms with van der Waals surface area (Å²) in [6, 6.07) is 50.9. The summed E-state index contributed by atoms with van der Waals surface area (Å²) in [5.74, 6) is 0.135. The minimum atomic E-state index is -0.294. The molecular weight excluding hydrogens is 591 g/mol. The van der Waals surface area contributed by atoms with Gasteiger partial charge in [0, 0.05) is 22.5 Å². The van der Waals surface area contributed by atoms with E-state index in [1.54, 1.807) is 0 Å². The lowest BCUT2D eigenvalue weighted by molar-refractivity contribution is 0.525. The van der Waals surface area contributed by atoms with Crippen LogP contribution in [0.2, 0.25) is 0 Å². The van der Waals surface area contributed by atoms with Gasteiger partial charge >= 0.3 is 0 Å². The molecule has 234 valence electrons. The summed E-state index contributed by atoms with van der Waals surface area (Å²) in [6.45, 7) is 2.39. The second-order valence-electron chi connectivity index (χ2n) is 13.6. The second kappa shape index (κ2) is 12.0. The molecule has 2 aliphatic rings. The second-order valence-corrected chi connectivity index (χ2v) is 13.6. The predicted octanol–water partition coefficient (Wildman–Crippen LogP) is 12.5. The highest BCUT2D eigenvalue weighted by atomic mass is 14.7. The molecule has 0 fully saturated rings. The molecule has 1 heteroatoms. The van der Waals surface area contributed by atoms with Crippen LogP contribution in [0.3, 0.4) is 0 Å². The van der Waals surface area contributed by atoms with Crippen molar-refractivity contribution in [2.45, 2.75) is 31.1 Å². The lowest BCUT2D eigenvalue weighted by atomic mass is 9.66. The van der Waals surface area contributed by atoms with E-state index in [1.807, 2.05) is 0 Å². The summed E-state index contributed by atoms with van der Waals surface area (Å²) in [5, 5.41) is 5.38. The largest absolute Gasteiger partial charge is 0.248 e. The van der Waals surface area contributed by atoms with Crippen LogP contribution >= 0.6 is 0 Å². The maximum Gasteiger partial charge on any atom is 0.0712 e. The van der Waals surface area contributed by atoms with Crippen molar-refractivity contribution in [3.05, 3.63) is 192 Å². The third-order valence-corrected chi connectivity index (χ3v) is 10.7. The number of pyridine rings is 1. The maximum absolute atomic E-state index is 5.20. The average Bonchev–Trinajstić information content (AvgIpc) is 3.18. The van der Waals surface area contributed by atoms with Gasteiger partial charge in [0.2, 0.25) is 0 Å². The van der Waals surface area contributed by atoms with Crippen molar-refractivity contribution in [1.29, 1.82) is 0 Å². The minimum Gasteiger partial charge on any atom is -0.248 e. The van der Waals surface area contributed by atoms with Gasteiger partial charge in [-0.15, -0.1) is 0 Å². The van der Waals surface area contributed by atoms with Crippen LogP contribution in [0.25, 0.3) is 61.3 Å². The van der Waals surface area contributed by atoms with Crippen molar-refractivity contribution in [3.63, 3.8) is 0 Å². The molecule has 0 spiro atoms. The van der Waals surface area contributed by atoms with Crippen LogP contribution in [0.4, 0.5) is 0 Å². The molecule has 1 nitrogen and oxygen atoms in total. The van der Waals surface area contributed by atoms with Crippen LogP contribution in [0.1, 0.15) is 41.5 Å². The first-order chi connectivity index (χ1) is 24.2. The molecule has 9 rings (SSSR count). The van der Waals surface area contributed by atoms with Crippen LogP contribution in [-0.4, -0.2) is 4.98 Å². The molecule has 0 aliphatic heterocycles. The van der Waals surface area contributed by atoms with E-state index in [1.165, 1.54) is 54.9 Å². The molecule has 49 heavy (non-hydrogen) atoms. The first-order valence-corrected chi connectivity index (χ1v) is 17.4. The van der Waals surface area contributed by atoms with E-state index in [2.05, 4.69) is 183 Å². The Morgan fingerprint density at radius 2 is 1.20 bits per heavy atom. The topological polar surface area (TPSA) is 12.9 Å².